The molecule has 2 heterocycles. The molecule has 0 radical (unpaired) electrons. The molecule has 2 aliphatic heterocycles. The molecule has 1 aromatic rings. The van der Waals surface area contributed by atoms with E-state index in [1.165, 1.54) is 0 Å². The Labute approximate surface area is 162 Å². The highest BCUT2D eigenvalue weighted by Gasteiger charge is 2.10. The van der Waals surface area contributed by atoms with Crippen molar-refractivity contribution in [2.24, 2.45) is 0 Å². The van der Waals surface area contributed by atoms with Crippen LogP contribution in [0.25, 0.3) is 0 Å². The van der Waals surface area contributed by atoms with Crippen LogP contribution in [0.15, 0.2) is 24.3 Å². The maximum absolute atomic E-state index is 5.90. The van der Waals surface area contributed by atoms with E-state index in [2.05, 4.69) is 44.7 Å². The van der Waals surface area contributed by atoms with Crippen molar-refractivity contribution in [3.05, 3.63) is 24.3 Å². The molecular formula is C20H34N4O3. The average Bonchev–Trinajstić information content (AvgIpc) is 2.70. The van der Waals surface area contributed by atoms with Gasteiger partial charge in [-0.25, -0.2) is 0 Å². The highest BCUT2D eigenvalue weighted by molar-refractivity contribution is 5.68. The van der Waals surface area contributed by atoms with E-state index in [1.807, 2.05) is 0 Å². The van der Waals surface area contributed by atoms with E-state index >= 15 is 0 Å². The highest BCUT2D eigenvalue weighted by Crippen LogP contribution is 2.20. The summed E-state index contributed by atoms with van der Waals surface area (Å²) in [5.41, 5.74) is 2.33. The summed E-state index contributed by atoms with van der Waals surface area (Å²) in [6.07, 6.45) is 0. The summed E-state index contributed by atoms with van der Waals surface area (Å²) in [5.74, 6) is 0. The van der Waals surface area contributed by atoms with Crippen molar-refractivity contribution < 1.29 is 14.2 Å². The van der Waals surface area contributed by atoms with Gasteiger partial charge in [0.2, 0.25) is 0 Å². The van der Waals surface area contributed by atoms with Gasteiger partial charge in [0.25, 0.3) is 0 Å². The zero-order chi connectivity index (χ0) is 18.6. The third kappa shape index (κ3) is 7.63. The molecule has 27 heavy (non-hydrogen) atoms. The molecule has 2 N–H and O–H groups in total. The fraction of sp³-hybridized carbons (Fsp3) is 0.700. The molecule has 1 fully saturated rings. The molecule has 2 atom stereocenters. The highest BCUT2D eigenvalue weighted by atomic mass is 16.5. The number of hydrogen-bond donors (Lipinski definition) is 2. The van der Waals surface area contributed by atoms with Crippen LogP contribution in [0.4, 0.5) is 11.4 Å². The summed E-state index contributed by atoms with van der Waals surface area (Å²) in [6.45, 7) is 11.7. The van der Waals surface area contributed by atoms with E-state index in [0.717, 1.165) is 90.2 Å². The van der Waals surface area contributed by atoms with Gasteiger partial charge in [0.15, 0.2) is 0 Å². The molecule has 1 saturated heterocycles. The standard InChI is InChI=1S/C20H34N4O3/c1-2-4-20-19(3-1)21-5-7-23-9-13-25-14-10-24(8-6-22-20)12-16-27-18-17-26-15-11-23/h1-4,21-22H,5-18H2. The van der Waals surface area contributed by atoms with E-state index in [4.69, 9.17) is 14.2 Å². The molecule has 2 aliphatic rings. The zero-order valence-electron chi connectivity index (χ0n) is 16.3. The molecule has 0 saturated carbocycles. The molecule has 3 rings (SSSR count). The van der Waals surface area contributed by atoms with Crippen molar-refractivity contribution in [2.45, 2.75) is 0 Å². The van der Waals surface area contributed by atoms with Gasteiger partial charge in [-0.2, -0.15) is 0 Å². The molecule has 0 aromatic heterocycles. The van der Waals surface area contributed by atoms with Crippen molar-refractivity contribution in [1.29, 1.82) is 0 Å². The lowest BCUT2D eigenvalue weighted by molar-refractivity contribution is 0.0329. The number of nitrogens with zero attached hydrogens (tertiary/aromatic N) is 2. The Morgan fingerprint density at radius 3 is 1.41 bits per heavy atom. The molecule has 152 valence electrons. The fourth-order valence-corrected chi connectivity index (χ4v) is 3.36. The number of nitrogens with one attached hydrogen (secondary N) is 2. The summed E-state index contributed by atoms with van der Waals surface area (Å²) >= 11 is 0. The average molecular weight is 379 g/mol. The summed E-state index contributed by atoms with van der Waals surface area (Å²) in [4.78, 5) is 4.81. The second kappa shape index (κ2) is 12.2. The van der Waals surface area contributed by atoms with Crippen molar-refractivity contribution in [1.82, 2.24) is 9.80 Å². The molecule has 0 spiro atoms. The Hall–Kier alpha value is -1.38. The van der Waals surface area contributed by atoms with E-state index in [-0.39, 0.29) is 0 Å². The number of para-hydroxylation sites is 2. The topological polar surface area (TPSA) is 58.2 Å². The van der Waals surface area contributed by atoms with Gasteiger partial charge in [0.05, 0.1) is 51.0 Å². The van der Waals surface area contributed by atoms with Crippen molar-refractivity contribution >= 4 is 11.4 Å². The van der Waals surface area contributed by atoms with E-state index in [0.29, 0.717) is 13.2 Å². The van der Waals surface area contributed by atoms with Crippen LogP contribution in [-0.2, 0) is 14.2 Å². The summed E-state index contributed by atoms with van der Waals surface area (Å²) in [6, 6.07) is 8.44. The maximum atomic E-state index is 5.90. The Kier molecular flexibility index (Phi) is 9.16. The van der Waals surface area contributed by atoms with Crippen LogP contribution < -0.4 is 10.6 Å². The first-order valence-corrected chi connectivity index (χ1v) is 10.2. The smallest absolute Gasteiger partial charge is 0.0701 e. The third-order valence-electron chi connectivity index (χ3n) is 4.99. The van der Waals surface area contributed by atoms with Crippen LogP contribution in [-0.4, -0.2) is 102 Å². The minimum absolute atomic E-state index is 0.664. The van der Waals surface area contributed by atoms with Gasteiger partial charge >= 0.3 is 0 Å². The van der Waals surface area contributed by atoms with Crippen molar-refractivity contribution in [2.75, 3.05) is 103 Å². The molecule has 0 aliphatic carbocycles. The molecule has 2 unspecified atom stereocenters. The van der Waals surface area contributed by atoms with Gasteiger partial charge in [0.1, 0.15) is 0 Å². The number of hydrogen-bond acceptors (Lipinski definition) is 7. The Balaban J connectivity index is 1.69. The predicted octanol–water partition coefficient (Wildman–Crippen LogP) is 1.19. The molecule has 7 heteroatoms. The van der Waals surface area contributed by atoms with Gasteiger partial charge in [-0.05, 0) is 12.1 Å². The van der Waals surface area contributed by atoms with Gasteiger partial charge in [-0.15, -0.1) is 0 Å². The molecule has 2 bridgehead atoms. The van der Waals surface area contributed by atoms with Gasteiger partial charge in [-0.1, -0.05) is 12.1 Å². The third-order valence-corrected chi connectivity index (χ3v) is 4.99. The number of benzene rings is 1. The second-order valence-corrected chi connectivity index (χ2v) is 6.92. The number of fused-ring (bicyclic) bond motifs is 7. The van der Waals surface area contributed by atoms with Crippen LogP contribution >= 0.6 is 0 Å². The monoisotopic (exact) mass is 378 g/mol. The number of rotatable bonds is 0. The second-order valence-electron chi connectivity index (χ2n) is 6.92. The van der Waals surface area contributed by atoms with E-state index in [1.54, 1.807) is 0 Å². The molecule has 7 nitrogen and oxygen atoms in total. The summed E-state index contributed by atoms with van der Waals surface area (Å²) in [5, 5.41) is 7.16. The zero-order valence-corrected chi connectivity index (χ0v) is 16.3. The normalized spacial score (nSPS) is 26.8. The fourth-order valence-electron chi connectivity index (χ4n) is 3.36. The maximum Gasteiger partial charge on any atom is 0.0701 e. The van der Waals surface area contributed by atoms with E-state index < -0.39 is 0 Å². The van der Waals surface area contributed by atoms with Gasteiger partial charge in [0, 0.05) is 52.4 Å². The summed E-state index contributed by atoms with van der Waals surface area (Å²) < 4.78 is 17.4. The van der Waals surface area contributed by atoms with Crippen molar-refractivity contribution in [3.63, 3.8) is 0 Å². The molecular weight excluding hydrogens is 344 g/mol. The predicted molar refractivity (Wildman–Crippen MR) is 109 cm³/mol. The Morgan fingerprint density at radius 2 is 0.963 bits per heavy atom. The lowest BCUT2D eigenvalue weighted by Crippen LogP contribution is -2.36. The van der Waals surface area contributed by atoms with Gasteiger partial charge < -0.3 is 24.8 Å². The Morgan fingerprint density at radius 1 is 0.556 bits per heavy atom. The minimum Gasteiger partial charge on any atom is -0.382 e. The minimum atomic E-state index is 0.664. The largest absolute Gasteiger partial charge is 0.382 e. The lowest BCUT2D eigenvalue weighted by Gasteiger charge is -2.23. The van der Waals surface area contributed by atoms with Crippen LogP contribution in [0, 0.1) is 0 Å². The van der Waals surface area contributed by atoms with Crippen LogP contribution in [0.2, 0.25) is 0 Å². The Bertz CT molecular complexity index is 487. The molecule has 1 aromatic carbocycles. The summed E-state index contributed by atoms with van der Waals surface area (Å²) in [7, 11) is 0. The van der Waals surface area contributed by atoms with Crippen LogP contribution in [0.3, 0.4) is 0 Å². The first-order valence-electron chi connectivity index (χ1n) is 10.2. The lowest BCUT2D eigenvalue weighted by atomic mass is 10.2. The quantitative estimate of drug-likeness (QED) is 0.658. The first kappa shape index (κ1) is 20.4. The van der Waals surface area contributed by atoms with Gasteiger partial charge in [-0.3, -0.25) is 9.80 Å². The first-order chi connectivity index (χ1) is 13.4. The SMILES string of the molecule is c1ccc2c(c1)NCCN1CCOCCOCCN(CCN2)CCOCC1. The van der Waals surface area contributed by atoms with E-state index in [9.17, 15) is 0 Å². The van der Waals surface area contributed by atoms with Crippen LogP contribution in [0.5, 0.6) is 0 Å². The molecule has 0 amide bonds. The van der Waals surface area contributed by atoms with Crippen LogP contribution in [0.1, 0.15) is 0 Å². The van der Waals surface area contributed by atoms with Crippen molar-refractivity contribution in [3.8, 4) is 0 Å². The number of ether oxygens (including phenoxy) is 3. The number of anilines is 2.